The van der Waals surface area contributed by atoms with E-state index in [1.807, 2.05) is 0 Å². The van der Waals surface area contributed by atoms with Crippen molar-refractivity contribution < 1.29 is 32.6 Å². The standard InChI is InChI=1S/C42H68O7Si2/c1-29-22-23-44-33(25-29)20-21-35(48-50(10,11)41(4,5)6)36-28-37-40(47-37)38(49-51(12,13)42(7,8)9)27-31(3)24-30(2)26-34-18-14-16-32(45-34)17-15-19-39(43)46-36/h14,16,20-22,30,32-38,40H,3,17-18,23-28H2,1-2,4-13H3/b21-20+/t30-,32-,33+,34-,35-,36-,37-,38-,40+/m0/s1. The summed E-state index contributed by atoms with van der Waals surface area (Å²) in [5.41, 5.74) is 2.48. The van der Waals surface area contributed by atoms with Gasteiger partial charge in [-0.15, -0.1) is 0 Å². The smallest absolute Gasteiger partial charge is 0.384 e. The van der Waals surface area contributed by atoms with E-state index in [9.17, 15) is 4.79 Å². The molecule has 4 aliphatic heterocycles. The van der Waals surface area contributed by atoms with Crippen molar-refractivity contribution in [3.05, 3.63) is 48.1 Å². The van der Waals surface area contributed by atoms with Crippen LogP contribution in [0.3, 0.4) is 0 Å². The SMILES string of the molecule is C=C1C[C@H](C)C[C@@H]2CC=C[C@@H](CC#CC(=O)O[C@H]([C@H](/C=C/[C@@H]3CC(C)=CCO3)O[Si](C)(C)C(C)(C)C)C[C@@H]3O[C@H]3[C@@H](O[Si](C)(C)C(C)(C)C)C1)O2. The average Bonchev–Trinajstić information content (AvgIpc) is 3.76. The van der Waals surface area contributed by atoms with E-state index in [4.69, 9.17) is 27.8 Å². The van der Waals surface area contributed by atoms with Crippen LogP contribution in [0.15, 0.2) is 48.1 Å². The van der Waals surface area contributed by atoms with E-state index in [0.29, 0.717) is 25.4 Å². The Bertz CT molecular complexity index is 1370. The first-order valence-corrected chi connectivity index (χ1v) is 25.1. The molecule has 1 saturated heterocycles. The molecule has 0 aromatic heterocycles. The molecule has 0 radical (unpaired) electrons. The van der Waals surface area contributed by atoms with Gasteiger partial charge in [0, 0.05) is 18.8 Å². The summed E-state index contributed by atoms with van der Waals surface area (Å²) in [5.74, 6) is 5.70. The second-order valence-corrected chi connectivity index (χ2v) is 28.1. The molecule has 7 nitrogen and oxygen atoms in total. The van der Waals surface area contributed by atoms with Crippen molar-refractivity contribution in [1.29, 1.82) is 0 Å². The predicted octanol–water partition coefficient (Wildman–Crippen LogP) is 9.61. The Kier molecular flexibility index (Phi) is 14.1. The molecule has 51 heavy (non-hydrogen) atoms. The van der Waals surface area contributed by atoms with E-state index in [2.05, 4.69) is 130 Å². The lowest BCUT2D eigenvalue weighted by Crippen LogP contribution is -2.48. The highest BCUT2D eigenvalue weighted by molar-refractivity contribution is 6.74. The highest BCUT2D eigenvalue weighted by Crippen LogP contribution is 2.44. The number of rotatable bonds is 7. The molecule has 0 aromatic carbocycles. The van der Waals surface area contributed by atoms with Gasteiger partial charge in [0.1, 0.15) is 18.3 Å². The van der Waals surface area contributed by atoms with Crippen molar-refractivity contribution in [2.75, 3.05) is 6.61 Å². The zero-order chi connectivity index (χ0) is 37.8. The van der Waals surface area contributed by atoms with E-state index in [1.54, 1.807) is 0 Å². The summed E-state index contributed by atoms with van der Waals surface area (Å²) in [4.78, 5) is 13.5. The maximum Gasteiger partial charge on any atom is 0.384 e. The molecule has 1 fully saturated rings. The molecule has 286 valence electrons. The Balaban J connectivity index is 1.69. The number of fused-ring (bicyclic) bond motifs is 3. The highest BCUT2D eigenvalue weighted by Gasteiger charge is 2.52. The summed E-state index contributed by atoms with van der Waals surface area (Å²) < 4.78 is 39.5. The van der Waals surface area contributed by atoms with Gasteiger partial charge in [-0.2, -0.15) is 0 Å². The third-order valence-electron chi connectivity index (χ3n) is 11.8. The fourth-order valence-electron chi connectivity index (χ4n) is 6.60. The molecule has 4 heterocycles. The van der Waals surface area contributed by atoms with Gasteiger partial charge in [-0.3, -0.25) is 0 Å². The van der Waals surface area contributed by atoms with Gasteiger partial charge in [-0.25, -0.2) is 4.79 Å². The van der Waals surface area contributed by atoms with Gasteiger partial charge in [0.25, 0.3) is 0 Å². The third-order valence-corrected chi connectivity index (χ3v) is 20.7. The van der Waals surface area contributed by atoms with Crippen LogP contribution in [0.4, 0.5) is 0 Å². The number of ether oxygens (including phenoxy) is 4. The molecular formula is C42H68O7Si2. The molecule has 2 bridgehead atoms. The van der Waals surface area contributed by atoms with Gasteiger partial charge in [-0.1, -0.05) is 102 Å². The van der Waals surface area contributed by atoms with E-state index >= 15 is 0 Å². The van der Waals surface area contributed by atoms with Crippen LogP contribution in [0.5, 0.6) is 0 Å². The minimum Gasteiger partial charge on any atom is -0.450 e. The van der Waals surface area contributed by atoms with Gasteiger partial charge in [-0.05, 0) is 81.2 Å². The first-order chi connectivity index (χ1) is 23.6. The molecule has 0 saturated carbocycles. The molecule has 9 heteroatoms. The molecule has 0 aliphatic carbocycles. The van der Waals surface area contributed by atoms with Gasteiger partial charge < -0.3 is 27.8 Å². The average molecular weight is 741 g/mol. The lowest BCUT2D eigenvalue weighted by atomic mass is 9.91. The number of epoxide rings is 1. The molecule has 0 amide bonds. The Hall–Kier alpha value is -1.78. The van der Waals surface area contributed by atoms with Crippen molar-refractivity contribution >= 4 is 22.6 Å². The first kappa shape index (κ1) is 42.0. The van der Waals surface area contributed by atoms with Crippen molar-refractivity contribution in [1.82, 2.24) is 0 Å². The van der Waals surface area contributed by atoms with Crippen LogP contribution in [-0.4, -0.2) is 78.0 Å². The van der Waals surface area contributed by atoms with Crippen LogP contribution in [0, 0.1) is 17.8 Å². The second-order valence-electron chi connectivity index (χ2n) is 18.6. The number of hydrogen-bond acceptors (Lipinski definition) is 7. The lowest BCUT2D eigenvalue weighted by molar-refractivity contribution is -0.146. The zero-order valence-electron chi connectivity index (χ0n) is 33.8. The molecule has 4 aliphatic rings. The highest BCUT2D eigenvalue weighted by atomic mass is 28.4. The Labute approximate surface area is 312 Å². The van der Waals surface area contributed by atoms with Crippen LogP contribution in [-0.2, 0) is 32.6 Å². The topological polar surface area (TPSA) is 75.8 Å². The number of hydrogen-bond donors (Lipinski definition) is 0. The first-order valence-electron chi connectivity index (χ1n) is 19.3. The molecule has 0 aromatic rings. The van der Waals surface area contributed by atoms with Crippen molar-refractivity contribution in [3.63, 3.8) is 0 Å². The number of esters is 1. The van der Waals surface area contributed by atoms with Gasteiger partial charge >= 0.3 is 5.97 Å². The number of cyclic esters (lactones) is 1. The van der Waals surface area contributed by atoms with Crippen molar-refractivity contribution in [3.8, 4) is 11.8 Å². The minimum atomic E-state index is -2.31. The van der Waals surface area contributed by atoms with Crippen molar-refractivity contribution in [2.45, 2.75) is 185 Å². The summed E-state index contributed by atoms with van der Waals surface area (Å²) in [6, 6.07) is 0. The molecule has 0 N–H and O–H groups in total. The molecule has 0 spiro atoms. The summed E-state index contributed by atoms with van der Waals surface area (Å²) >= 11 is 0. The lowest BCUT2D eigenvalue weighted by Gasteiger charge is -2.40. The van der Waals surface area contributed by atoms with Crippen LogP contribution < -0.4 is 0 Å². The summed E-state index contributed by atoms with van der Waals surface area (Å²) in [7, 11) is -4.46. The van der Waals surface area contributed by atoms with Crippen LogP contribution >= 0.6 is 0 Å². The van der Waals surface area contributed by atoms with Crippen LogP contribution in [0.25, 0.3) is 0 Å². The quantitative estimate of drug-likeness (QED) is 0.0643. The second kappa shape index (κ2) is 17.1. The maximum absolute atomic E-state index is 13.5. The van der Waals surface area contributed by atoms with Crippen LogP contribution in [0.2, 0.25) is 36.3 Å². The van der Waals surface area contributed by atoms with E-state index < -0.39 is 34.8 Å². The summed E-state index contributed by atoms with van der Waals surface area (Å²) in [6.07, 6.45) is 14.1. The number of carbonyl (C=O) groups excluding carboxylic acids is 1. The molecule has 4 rings (SSSR count). The Morgan fingerprint density at radius 1 is 1.00 bits per heavy atom. The molecule has 0 unspecified atom stereocenters. The summed E-state index contributed by atoms with van der Waals surface area (Å²) in [5, 5.41) is -0.0124. The minimum absolute atomic E-state index is 0.0404. The van der Waals surface area contributed by atoms with Gasteiger partial charge in [0.2, 0.25) is 0 Å². The molecular weight excluding hydrogens is 673 g/mol. The normalized spacial score (nSPS) is 32.5. The predicted molar refractivity (Wildman–Crippen MR) is 212 cm³/mol. The Morgan fingerprint density at radius 2 is 1.71 bits per heavy atom. The van der Waals surface area contributed by atoms with Gasteiger partial charge in [0.15, 0.2) is 16.6 Å². The van der Waals surface area contributed by atoms with E-state index in [-0.39, 0.29) is 46.7 Å². The fraction of sp³-hybridized carbons (Fsp3) is 0.738. The monoisotopic (exact) mass is 740 g/mol. The largest absolute Gasteiger partial charge is 0.450 e. The zero-order valence-corrected chi connectivity index (χ0v) is 35.8. The Morgan fingerprint density at radius 3 is 2.37 bits per heavy atom. The van der Waals surface area contributed by atoms with E-state index in [1.165, 1.54) is 11.1 Å². The third kappa shape index (κ3) is 12.4. The fourth-order valence-corrected chi connectivity index (χ4v) is 9.19. The maximum atomic E-state index is 13.5. The van der Waals surface area contributed by atoms with Gasteiger partial charge in [0.05, 0.1) is 37.1 Å². The van der Waals surface area contributed by atoms with E-state index in [0.717, 1.165) is 32.1 Å². The number of carbonyl (C=O) groups is 1. The molecule has 9 atom stereocenters. The van der Waals surface area contributed by atoms with Crippen LogP contribution in [0.1, 0.15) is 100 Å². The summed E-state index contributed by atoms with van der Waals surface area (Å²) in [6.45, 7) is 32.1. The van der Waals surface area contributed by atoms with Crippen molar-refractivity contribution in [2.24, 2.45) is 5.92 Å².